The first-order valence-corrected chi connectivity index (χ1v) is 14.1. The average Bonchev–Trinajstić information content (AvgIpc) is 3.73. The zero-order valence-corrected chi connectivity index (χ0v) is 24.1. The van der Waals surface area contributed by atoms with Gasteiger partial charge in [0.2, 0.25) is 0 Å². The van der Waals surface area contributed by atoms with Gasteiger partial charge in [0.25, 0.3) is 5.91 Å². The van der Waals surface area contributed by atoms with E-state index >= 15 is 0 Å². The number of hydrazine groups is 1. The molecule has 0 atom stereocenters. The summed E-state index contributed by atoms with van der Waals surface area (Å²) in [6, 6.07) is 20.8. The Hall–Kier alpha value is -5.09. The van der Waals surface area contributed by atoms with Gasteiger partial charge in [-0.3, -0.25) is 9.78 Å². The smallest absolute Gasteiger partial charge is 0.342 e. The Morgan fingerprint density at radius 2 is 1.84 bits per heavy atom. The van der Waals surface area contributed by atoms with Crippen molar-refractivity contribution in [1.29, 1.82) is 0 Å². The fourth-order valence-corrected chi connectivity index (χ4v) is 5.42. The number of hydrogen-bond donors (Lipinski definition) is 2. The van der Waals surface area contributed by atoms with Gasteiger partial charge in [0.05, 0.1) is 35.7 Å². The Kier molecular flexibility index (Phi) is 7.37. The maximum atomic E-state index is 13.7. The van der Waals surface area contributed by atoms with Gasteiger partial charge in [-0.05, 0) is 79.9 Å². The number of carbonyl (C=O) groups excluding carboxylic acids is 2. The number of halogens is 1. The molecule has 218 valence electrons. The normalized spacial score (nSPS) is 13.5. The minimum atomic E-state index is -0.564. The van der Waals surface area contributed by atoms with Crippen molar-refractivity contribution < 1.29 is 18.7 Å². The number of carbonyl (C=O) groups is 2. The van der Waals surface area contributed by atoms with Crippen molar-refractivity contribution in [2.45, 2.75) is 25.3 Å². The lowest BCUT2D eigenvalue weighted by Gasteiger charge is -2.25. The third kappa shape index (κ3) is 5.21. The molecule has 0 radical (unpaired) electrons. The highest BCUT2D eigenvalue weighted by Crippen LogP contribution is 2.44. The summed E-state index contributed by atoms with van der Waals surface area (Å²) in [6.45, 7) is 2.63. The van der Waals surface area contributed by atoms with Crippen molar-refractivity contribution in [3.05, 3.63) is 108 Å². The highest BCUT2D eigenvalue weighted by Gasteiger charge is 2.47. The number of ether oxygens (including phenoxy) is 1. The number of nitrogens with one attached hydrogen (secondary N) is 2. The Morgan fingerprint density at radius 3 is 2.49 bits per heavy atom. The number of fused-ring (bicyclic) bond motifs is 1. The number of aromatic nitrogens is 3. The van der Waals surface area contributed by atoms with Crippen LogP contribution in [0.25, 0.3) is 27.9 Å². The molecule has 43 heavy (non-hydrogen) atoms. The molecule has 1 aliphatic carbocycles. The van der Waals surface area contributed by atoms with Crippen molar-refractivity contribution >= 4 is 23.1 Å². The van der Waals surface area contributed by atoms with Crippen LogP contribution in [0, 0.1) is 5.82 Å². The SMILES string of the molecule is CCN(NC)c1cn2nc(-c3ccc(F)cc3)c(C(=O)OC)c2cc1-c1cccc(C(=O)NC2(c3ccccn3)CC2)c1. The number of hydrogen-bond acceptors (Lipinski definition) is 7. The number of nitrogens with zero attached hydrogens (tertiary/aromatic N) is 4. The van der Waals surface area contributed by atoms with E-state index in [2.05, 4.69) is 15.7 Å². The van der Waals surface area contributed by atoms with E-state index in [1.807, 2.05) is 67.6 Å². The van der Waals surface area contributed by atoms with Gasteiger partial charge in [-0.15, -0.1) is 0 Å². The Balaban J connectivity index is 1.47. The van der Waals surface area contributed by atoms with Gasteiger partial charge in [0, 0.05) is 36.5 Å². The van der Waals surface area contributed by atoms with Crippen molar-refractivity contribution in [3.8, 4) is 22.4 Å². The molecule has 3 heterocycles. The molecule has 10 heteroatoms. The minimum absolute atomic E-state index is 0.188. The molecule has 1 aliphatic rings. The largest absolute Gasteiger partial charge is 0.465 e. The number of pyridine rings is 2. The number of amides is 1. The highest BCUT2D eigenvalue weighted by molar-refractivity contribution is 6.04. The number of benzene rings is 2. The van der Waals surface area contributed by atoms with Crippen LogP contribution in [0.5, 0.6) is 0 Å². The molecule has 0 aliphatic heterocycles. The zero-order valence-electron chi connectivity index (χ0n) is 24.1. The zero-order chi connectivity index (χ0) is 30.1. The molecule has 6 rings (SSSR count). The maximum absolute atomic E-state index is 13.7. The third-order valence-electron chi connectivity index (χ3n) is 7.83. The second kappa shape index (κ2) is 11.3. The van der Waals surface area contributed by atoms with E-state index in [1.54, 1.807) is 28.9 Å². The Morgan fingerprint density at radius 1 is 1.05 bits per heavy atom. The monoisotopic (exact) mass is 578 g/mol. The molecule has 5 aromatic rings. The summed E-state index contributed by atoms with van der Waals surface area (Å²) < 4.78 is 20.5. The van der Waals surface area contributed by atoms with Gasteiger partial charge < -0.3 is 15.1 Å². The summed E-state index contributed by atoms with van der Waals surface area (Å²) >= 11 is 0. The molecule has 0 bridgehead atoms. The molecular formula is C33H31FN6O3. The summed E-state index contributed by atoms with van der Waals surface area (Å²) in [7, 11) is 3.13. The van der Waals surface area contributed by atoms with E-state index in [0.717, 1.165) is 35.3 Å². The molecule has 1 fully saturated rings. The van der Waals surface area contributed by atoms with E-state index in [4.69, 9.17) is 9.84 Å². The van der Waals surface area contributed by atoms with Gasteiger partial charge in [0.1, 0.15) is 17.1 Å². The topological polar surface area (TPSA) is 101 Å². The number of rotatable bonds is 9. The molecule has 0 saturated heterocycles. The van der Waals surface area contributed by atoms with Crippen LogP contribution in [0.15, 0.2) is 85.2 Å². The molecule has 2 N–H and O–H groups in total. The number of methoxy groups -OCH3 is 1. The lowest BCUT2D eigenvalue weighted by molar-refractivity contribution is 0.0603. The van der Waals surface area contributed by atoms with Crippen LogP contribution in [0.3, 0.4) is 0 Å². The first kappa shape index (κ1) is 28.0. The van der Waals surface area contributed by atoms with Gasteiger partial charge in [-0.1, -0.05) is 18.2 Å². The van der Waals surface area contributed by atoms with Crippen LogP contribution in [0.2, 0.25) is 0 Å². The van der Waals surface area contributed by atoms with E-state index in [1.165, 1.54) is 19.2 Å². The lowest BCUT2D eigenvalue weighted by Crippen LogP contribution is -2.35. The van der Waals surface area contributed by atoms with Crippen LogP contribution >= 0.6 is 0 Å². The van der Waals surface area contributed by atoms with Gasteiger partial charge in [0.15, 0.2) is 0 Å². The summed E-state index contributed by atoms with van der Waals surface area (Å²) in [5, 5.41) is 9.86. The molecule has 0 spiro atoms. The first-order chi connectivity index (χ1) is 20.9. The van der Waals surface area contributed by atoms with Crippen LogP contribution in [-0.2, 0) is 10.3 Å². The van der Waals surface area contributed by atoms with E-state index in [9.17, 15) is 14.0 Å². The molecule has 2 aromatic carbocycles. The van der Waals surface area contributed by atoms with E-state index in [0.29, 0.717) is 28.9 Å². The fourth-order valence-electron chi connectivity index (χ4n) is 5.42. The summed E-state index contributed by atoms with van der Waals surface area (Å²) in [4.78, 5) is 31.1. The quantitative estimate of drug-likeness (QED) is 0.179. The van der Waals surface area contributed by atoms with Crippen LogP contribution in [0.4, 0.5) is 10.1 Å². The summed E-state index contributed by atoms with van der Waals surface area (Å²) in [5.74, 6) is -1.14. The first-order valence-electron chi connectivity index (χ1n) is 14.1. The van der Waals surface area contributed by atoms with Crippen molar-refractivity contribution in [2.24, 2.45) is 0 Å². The summed E-state index contributed by atoms with van der Waals surface area (Å²) in [6.07, 6.45) is 5.23. The minimum Gasteiger partial charge on any atom is -0.465 e. The molecule has 1 saturated carbocycles. The predicted octanol–water partition coefficient (Wildman–Crippen LogP) is 5.37. The molecule has 3 aromatic heterocycles. The lowest BCUT2D eigenvalue weighted by atomic mass is 9.99. The van der Waals surface area contributed by atoms with Crippen molar-refractivity contribution in [1.82, 2.24) is 25.3 Å². The number of anilines is 1. The van der Waals surface area contributed by atoms with Crippen molar-refractivity contribution in [2.75, 3.05) is 25.7 Å². The van der Waals surface area contributed by atoms with Crippen LogP contribution < -0.4 is 15.8 Å². The summed E-state index contributed by atoms with van der Waals surface area (Å²) in [5.41, 5.74) is 8.18. The Labute approximate surface area is 248 Å². The van der Waals surface area contributed by atoms with Crippen LogP contribution in [0.1, 0.15) is 46.2 Å². The average molecular weight is 579 g/mol. The predicted molar refractivity (Wildman–Crippen MR) is 162 cm³/mol. The molecule has 9 nitrogen and oxygen atoms in total. The highest BCUT2D eigenvalue weighted by atomic mass is 19.1. The molecule has 0 unspecified atom stereocenters. The second-order valence-corrected chi connectivity index (χ2v) is 10.4. The van der Waals surface area contributed by atoms with Gasteiger partial charge in [-0.2, -0.15) is 5.10 Å². The van der Waals surface area contributed by atoms with Crippen molar-refractivity contribution in [3.63, 3.8) is 0 Å². The van der Waals surface area contributed by atoms with Gasteiger partial charge >= 0.3 is 5.97 Å². The van der Waals surface area contributed by atoms with Crippen LogP contribution in [-0.4, -0.2) is 47.2 Å². The Bertz CT molecular complexity index is 1810. The van der Waals surface area contributed by atoms with E-state index in [-0.39, 0.29) is 17.3 Å². The molecular weight excluding hydrogens is 547 g/mol. The third-order valence-corrected chi connectivity index (χ3v) is 7.83. The van der Waals surface area contributed by atoms with Gasteiger partial charge in [-0.25, -0.2) is 19.1 Å². The molecule has 1 amide bonds. The maximum Gasteiger partial charge on any atom is 0.342 e. The van der Waals surface area contributed by atoms with E-state index < -0.39 is 11.5 Å². The second-order valence-electron chi connectivity index (χ2n) is 10.4. The number of esters is 1. The standard InChI is InChI=1S/C33H31FN6O3/c1-4-39(35-2)27-20-40-26(29(32(42)43-3)30(38-40)21-11-13-24(34)14-12-21)19-25(27)22-8-7-9-23(18-22)31(41)37-33(15-16-33)28-10-5-6-17-36-28/h5-14,17-20,35H,4,15-16H2,1-3H3,(H,37,41). The fraction of sp³-hybridized carbons (Fsp3) is 0.212.